The highest BCUT2D eigenvalue weighted by Crippen LogP contribution is 2.26. The molecule has 1 aromatic carbocycles. The molecule has 0 atom stereocenters. The van der Waals surface area contributed by atoms with E-state index in [9.17, 15) is 10.1 Å². The summed E-state index contributed by atoms with van der Waals surface area (Å²) in [6, 6.07) is 4.73. The van der Waals surface area contributed by atoms with Crippen molar-refractivity contribution < 1.29 is 9.34 Å². The Hall–Kier alpha value is -1.95. The first kappa shape index (κ1) is 11.5. The Labute approximate surface area is 101 Å². The van der Waals surface area contributed by atoms with E-state index in [1.165, 1.54) is 6.07 Å². The molecular weight excluding hydrogens is 246 g/mol. The lowest BCUT2D eigenvalue weighted by Gasteiger charge is -1.98. The van der Waals surface area contributed by atoms with Gasteiger partial charge < -0.3 is 4.42 Å². The van der Waals surface area contributed by atoms with Crippen LogP contribution in [0.15, 0.2) is 22.6 Å². The summed E-state index contributed by atoms with van der Waals surface area (Å²) in [7, 11) is 0. The molecule has 7 heteroatoms. The molecule has 0 fully saturated rings. The normalized spacial score (nSPS) is 10.5. The molecule has 17 heavy (non-hydrogen) atoms. The lowest BCUT2D eigenvalue weighted by Crippen LogP contribution is -1.92. The number of aromatic nitrogens is 2. The van der Waals surface area contributed by atoms with Crippen molar-refractivity contribution in [3.05, 3.63) is 39.8 Å². The fourth-order valence-corrected chi connectivity index (χ4v) is 1.47. The molecule has 1 heterocycles. The minimum Gasteiger partial charge on any atom is -0.419 e. The zero-order chi connectivity index (χ0) is 12.4. The Morgan fingerprint density at radius 3 is 2.82 bits per heavy atom. The van der Waals surface area contributed by atoms with Gasteiger partial charge in [-0.1, -0.05) is 6.07 Å². The molecule has 1 aromatic heterocycles. The molecule has 0 N–H and O–H groups in total. The van der Waals surface area contributed by atoms with Gasteiger partial charge in [-0.25, -0.2) is 0 Å². The first-order valence-electron chi connectivity index (χ1n) is 4.75. The topological polar surface area (TPSA) is 82.1 Å². The molecule has 0 amide bonds. The summed E-state index contributed by atoms with van der Waals surface area (Å²) < 4.78 is 5.22. The van der Waals surface area contributed by atoms with E-state index >= 15 is 0 Å². The fourth-order valence-electron chi connectivity index (χ4n) is 1.36. The third kappa shape index (κ3) is 2.26. The molecule has 0 saturated carbocycles. The monoisotopic (exact) mass is 253 g/mol. The maximum Gasteiger partial charge on any atom is 0.273 e. The summed E-state index contributed by atoms with van der Waals surface area (Å²) in [6.07, 6.45) is 0. The number of halogens is 1. The molecule has 0 saturated heterocycles. The first-order valence-corrected chi connectivity index (χ1v) is 5.29. The molecule has 2 aromatic rings. The van der Waals surface area contributed by atoms with Crippen molar-refractivity contribution in [1.29, 1.82) is 0 Å². The molecule has 0 spiro atoms. The van der Waals surface area contributed by atoms with Crippen molar-refractivity contribution in [3.63, 3.8) is 0 Å². The lowest BCUT2D eigenvalue weighted by atomic mass is 10.1. The Bertz CT molecular complexity index is 568. The zero-order valence-electron chi connectivity index (χ0n) is 8.88. The summed E-state index contributed by atoms with van der Waals surface area (Å²) in [5, 5.41) is 18.2. The fraction of sp³-hybridized carbons (Fsp3) is 0.200. The number of benzene rings is 1. The second kappa shape index (κ2) is 4.50. The van der Waals surface area contributed by atoms with Crippen molar-refractivity contribution in [2.45, 2.75) is 12.8 Å². The van der Waals surface area contributed by atoms with E-state index < -0.39 is 4.92 Å². The molecule has 2 rings (SSSR count). The highest BCUT2D eigenvalue weighted by molar-refractivity contribution is 6.16. The third-order valence-corrected chi connectivity index (χ3v) is 2.46. The van der Waals surface area contributed by atoms with Crippen LogP contribution in [0.1, 0.15) is 11.5 Å². The van der Waals surface area contributed by atoms with E-state index in [4.69, 9.17) is 16.0 Å². The van der Waals surface area contributed by atoms with Crippen LogP contribution in [0.5, 0.6) is 0 Å². The van der Waals surface area contributed by atoms with Crippen LogP contribution in [-0.4, -0.2) is 15.1 Å². The van der Waals surface area contributed by atoms with Gasteiger partial charge in [-0.05, 0) is 13.0 Å². The van der Waals surface area contributed by atoms with Crippen molar-refractivity contribution in [2.24, 2.45) is 0 Å². The zero-order valence-corrected chi connectivity index (χ0v) is 9.64. The number of aryl methyl sites for hydroxylation is 1. The number of alkyl halides is 1. The number of hydrogen-bond donors (Lipinski definition) is 0. The Morgan fingerprint density at radius 2 is 2.24 bits per heavy atom. The molecule has 0 aliphatic carbocycles. The second-order valence-electron chi connectivity index (χ2n) is 3.39. The van der Waals surface area contributed by atoms with Gasteiger partial charge in [0.1, 0.15) is 5.88 Å². The van der Waals surface area contributed by atoms with Crippen molar-refractivity contribution in [1.82, 2.24) is 10.2 Å². The Balaban J connectivity index is 2.46. The van der Waals surface area contributed by atoms with Crippen LogP contribution in [0.25, 0.3) is 11.5 Å². The molecule has 0 aliphatic heterocycles. The summed E-state index contributed by atoms with van der Waals surface area (Å²) >= 11 is 5.53. The van der Waals surface area contributed by atoms with Crippen molar-refractivity contribution in [3.8, 4) is 11.5 Å². The number of nitro groups is 1. The highest BCUT2D eigenvalue weighted by atomic mass is 35.5. The maximum atomic E-state index is 10.8. The van der Waals surface area contributed by atoms with Gasteiger partial charge in [0.25, 0.3) is 5.69 Å². The number of nitro benzene ring substituents is 1. The third-order valence-electron chi connectivity index (χ3n) is 2.23. The average Bonchev–Trinajstić information content (AvgIpc) is 2.78. The maximum absolute atomic E-state index is 10.8. The van der Waals surface area contributed by atoms with Gasteiger partial charge in [-0.3, -0.25) is 10.1 Å². The average molecular weight is 254 g/mol. The van der Waals surface area contributed by atoms with E-state index in [-0.39, 0.29) is 23.3 Å². The molecule has 0 radical (unpaired) electrons. The Kier molecular flexibility index (Phi) is 3.06. The van der Waals surface area contributed by atoms with E-state index in [1.807, 2.05) is 0 Å². The van der Waals surface area contributed by atoms with E-state index in [2.05, 4.69) is 10.2 Å². The molecule has 0 unspecified atom stereocenters. The molecule has 0 bridgehead atoms. The summed E-state index contributed by atoms with van der Waals surface area (Å²) in [5.41, 5.74) is 1.11. The van der Waals surface area contributed by atoms with Crippen LogP contribution in [0.2, 0.25) is 0 Å². The molecule has 0 aliphatic rings. The minimum atomic E-state index is -0.447. The van der Waals surface area contributed by atoms with Gasteiger partial charge in [0, 0.05) is 17.2 Å². The van der Waals surface area contributed by atoms with Crippen LogP contribution < -0.4 is 0 Å². The van der Waals surface area contributed by atoms with Crippen LogP contribution in [0.4, 0.5) is 5.69 Å². The smallest absolute Gasteiger partial charge is 0.273 e. The van der Waals surface area contributed by atoms with Gasteiger partial charge in [0.05, 0.1) is 4.92 Å². The van der Waals surface area contributed by atoms with Gasteiger partial charge in [0.15, 0.2) is 0 Å². The van der Waals surface area contributed by atoms with Crippen LogP contribution >= 0.6 is 11.6 Å². The minimum absolute atomic E-state index is 0.0214. The predicted molar refractivity (Wildman–Crippen MR) is 60.7 cm³/mol. The molecule has 88 valence electrons. The number of rotatable bonds is 3. The Morgan fingerprint density at radius 1 is 1.47 bits per heavy atom. The van der Waals surface area contributed by atoms with Gasteiger partial charge in [-0.2, -0.15) is 0 Å². The lowest BCUT2D eigenvalue weighted by molar-refractivity contribution is -0.385. The first-order chi connectivity index (χ1) is 8.11. The van der Waals surface area contributed by atoms with E-state index in [0.29, 0.717) is 11.1 Å². The second-order valence-corrected chi connectivity index (χ2v) is 3.66. The van der Waals surface area contributed by atoms with E-state index in [0.717, 1.165) is 0 Å². The van der Waals surface area contributed by atoms with Crippen LogP contribution in [-0.2, 0) is 5.88 Å². The highest BCUT2D eigenvalue weighted by Gasteiger charge is 2.15. The van der Waals surface area contributed by atoms with Gasteiger partial charge >= 0.3 is 0 Å². The van der Waals surface area contributed by atoms with Crippen molar-refractivity contribution in [2.75, 3.05) is 0 Å². The predicted octanol–water partition coefficient (Wildman–Crippen LogP) is 2.69. The van der Waals surface area contributed by atoms with E-state index in [1.54, 1.807) is 19.1 Å². The summed E-state index contributed by atoms with van der Waals surface area (Å²) in [4.78, 5) is 10.3. The SMILES string of the molecule is Cc1ccc(-c2nnc(CCl)o2)cc1[N+](=O)[O-]. The van der Waals surface area contributed by atoms with Gasteiger partial charge in [-0.15, -0.1) is 21.8 Å². The van der Waals surface area contributed by atoms with Crippen molar-refractivity contribution >= 4 is 17.3 Å². The molecular formula is C10H8ClN3O3. The summed E-state index contributed by atoms with van der Waals surface area (Å²) in [5.74, 6) is 0.620. The number of hydrogen-bond acceptors (Lipinski definition) is 5. The standard InChI is InChI=1S/C10H8ClN3O3/c1-6-2-3-7(4-8(6)14(15)16)10-13-12-9(5-11)17-10/h2-4H,5H2,1H3. The van der Waals surface area contributed by atoms with Gasteiger partial charge in [0.2, 0.25) is 11.8 Å². The summed E-state index contributed by atoms with van der Waals surface area (Å²) in [6.45, 7) is 1.67. The van der Waals surface area contributed by atoms with Crippen LogP contribution in [0.3, 0.4) is 0 Å². The largest absolute Gasteiger partial charge is 0.419 e. The van der Waals surface area contributed by atoms with Crippen LogP contribution in [0, 0.1) is 17.0 Å². The number of nitrogens with zero attached hydrogens (tertiary/aromatic N) is 3. The quantitative estimate of drug-likeness (QED) is 0.477. The molecule has 6 nitrogen and oxygen atoms in total.